The number of aliphatic hydroxyl groups is 1. The van der Waals surface area contributed by atoms with E-state index in [4.69, 9.17) is 4.74 Å². The van der Waals surface area contributed by atoms with Crippen molar-refractivity contribution in [3.8, 4) is 0 Å². The summed E-state index contributed by atoms with van der Waals surface area (Å²) in [5, 5.41) is 13.3. The number of benzene rings is 1. The standard InChI is InChI=1S/C22H35N3O3/c1-17-6-5-7-18(2)22(17)23-21(27)15-25-12-10-24(11-13-25)14-19(26)16-28-20-8-3-4-9-20/h5-7,19-20,26H,3-4,8-16H2,1-2H3,(H,23,27). The third-order valence-corrected chi connectivity index (χ3v) is 5.87. The van der Waals surface area contributed by atoms with E-state index in [-0.39, 0.29) is 5.91 Å². The number of ether oxygens (including phenoxy) is 1. The van der Waals surface area contributed by atoms with Gasteiger partial charge >= 0.3 is 0 Å². The zero-order valence-electron chi connectivity index (χ0n) is 17.3. The molecule has 6 heteroatoms. The largest absolute Gasteiger partial charge is 0.389 e. The summed E-state index contributed by atoms with van der Waals surface area (Å²) in [7, 11) is 0. The second-order valence-corrected chi connectivity index (χ2v) is 8.29. The normalized spacial score (nSPS) is 20.4. The molecule has 0 bridgehead atoms. The van der Waals surface area contributed by atoms with Gasteiger partial charge in [0.15, 0.2) is 0 Å². The number of carbonyl (C=O) groups excluding carboxylic acids is 1. The van der Waals surface area contributed by atoms with Crippen molar-refractivity contribution in [2.45, 2.75) is 51.7 Å². The quantitative estimate of drug-likeness (QED) is 0.713. The lowest BCUT2D eigenvalue weighted by atomic mass is 10.1. The molecule has 6 nitrogen and oxygen atoms in total. The van der Waals surface area contributed by atoms with E-state index in [9.17, 15) is 9.90 Å². The average Bonchev–Trinajstić information content (AvgIpc) is 3.18. The summed E-state index contributed by atoms with van der Waals surface area (Å²) in [5.41, 5.74) is 3.11. The number of nitrogens with one attached hydrogen (secondary N) is 1. The van der Waals surface area contributed by atoms with E-state index in [1.165, 1.54) is 12.8 Å². The van der Waals surface area contributed by atoms with E-state index in [1.54, 1.807) is 0 Å². The lowest BCUT2D eigenvalue weighted by Crippen LogP contribution is -2.50. The highest BCUT2D eigenvalue weighted by Gasteiger charge is 2.22. The van der Waals surface area contributed by atoms with Gasteiger partial charge in [0.05, 0.1) is 25.4 Å². The van der Waals surface area contributed by atoms with Gasteiger partial charge in [-0.25, -0.2) is 0 Å². The number of carbonyl (C=O) groups is 1. The number of para-hydroxylation sites is 1. The summed E-state index contributed by atoms with van der Waals surface area (Å²) in [6, 6.07) is 6.04. The van der Waals surface area contributed by atoms with Crippen molar-refractivity contribution in [1.82, 2.24) is 9.80 Å². The third-order valence-electron chi connectivity index (χ3n) is 5.87. The van der Waals surface area contributed by atoms with Crippen LogP contribution in [0, 0.1) is 13.8 Å². The molecule has 1 heterocycles. The van der Waals surface area contributed by atoms with Crippen molar-refractivity contribution in [1.29, 1.82) is 0 Å². The Morgan fingerprint density at radius 3 is 2.39 bits per heavy atom. The molecule has 1 saturated carbocycles. The van der Waals surface area contributed by atoms with Crippen LogP contribution in [0.15, 0.2) is 18.2 Å². The van der Waals surface area contributed by atoms with Crippen LogP contribution in [0.3, 0.4) is 0 Å². The summed E-state index contributed by atoms with van der Waals surface area (Å²) < 4.78 is 5.82. The first-order valence-electron chi connectivity index (χ1n) is 10.6. The molecule has 1 atom stereocenters. The monoisotopic (exact) mass is 389 g/mol. The lowest BCUT2D eigenvalue weighted by molar-refractivity contribution is -0.117. The van der Waals surface area contributed by atoms with Crippen molar-refractivity contribution in [2.75, 3.05) is 51.2 Å². The number of aliphatic hydroxyl groups excluding tert-OH is 1. The molecule has 1 aromatic rings. The minimum atomic E-state index is -0.431. The number of anilines is 1. The molecular formula is C22H35N3O3. The van der Waals surface area contributed by atoms with Crippen molar-refractivity contribution in [3.63, 3.8) is 0 Å². The number of β-amino-alcohol motifs (C(OH)–C–C–N with tert-alkyl or cyclic N) is 1. The van der Waals surface area contributed by atoms with Crippen LogP contribution in [0.4, 0.5) is 5.69 Å². The van der Waals surface area contributed by atoms with Gasteiger partial charge in [-0.05, 0) is 37.8 Å². The van der Waals surface area contributed by atoms with Crippen LogP contribution in [0.25, 0.3) is 0 Å². The third kappa shape index (κ3) is 6.27. The minimum absolute atomic E-state index is 0.0378. The smallest absolute Gasteiger partial charge is 0.238 e. The molecule has 156 valence electrons. The molecule has 1 aliphatic heterocycles. The predicted molar refractivity (Wildman–Crippen MR) is 112 cm³/mol. The SMILES string of the molecule is Cc1cccc(C)c1NC(=O)CN1CCN(CC(O)COC2CCCC2)CC1. The first kappa shape index (κ1) is 21.2. The molecule has 1 unspecified atom stereocenters. The highest BCUT2D eigenvalue weighted by Crippen LogP contribution is 2.21. The Kier molecular flexibility index (Phi) is 7.85. The van der Waals surface area contributed by atoms with Crippen LogP contribution in [-0.4, -0.2) is 78.9 Å². The van der Waals surface area contributed by atoms with Crippen LogP contribution in [0.2, 0.25) is 0 Å². The number of amides is 1. The van der Waals surface area contributed by atoms with E-state index in [0.717, 1.165) is 55.8 Å². The van der Waals surface area contributed by atoms with Crippen molar-refractivity contribution >= 4 is 11.6 Å². The predicted octanol–water partition coefficient (Wildman–Crippen LogP) is 2.18. The van der Waals surface area contributed by atoms with Crippen molar-refractivity contribution < 1.29 is 14.6 Å². The summed E-state index contributed by atoms with van der Waals surface area (Å²) in [4.78, 5) is 16.9. The highest BCUT2D eigenvalue weighted by atomic mass is 16.5. The molecule has 28 heavy (non-hydrogen) atoms. The van der Waals surface area contributed by atoms with Gasteiger partial charge in [-0.15, -0.1) is 0 Å². The Morgan fingerprint density at radius 2 is 1.75 bits per heavy atom. The van der Waals surface area contributed by atoms with Crippen molar-refractivity contribution in [3.05, 3.63) is 29.3 Å². The second kappa shape index (κ2) is 10.3. The Labute approximate surface area is 168 Å². The van der Waals surface area contributed by atoms with Gasteiger partial charge in [-0.3, -0.25) is 14.6 Å². The second-order valence-electron chi connectivity index (χ2n) is 8.29. The van der Waals surface area contributed by atoms with Crippen LogP contribution in [0.5, 0.6) is 0 Å². The molecule has 0 spiro atoms. The zero-order chi connectivity index (χ0) is 19.9. The maximum Gasteiger partial charge on any atom is 0.238 e. The molecule has 3 rings (SSSR count). The van der Waals surface area contributed by atoms with E-state index < -0.39 is 6.10 Å². The van der Waals surface area contributed by atoms with Gasteiger partial charge in [0.1, 0.15) is 0 Å². The van der Waals surface area contributed by atoms with Crippen molar-refractivity contribution in [2.24, 2.45) is 0 Å². The van der Waals surface area contributed by atoms with Gasteiger partial charge in [0, 0.05) is 38.4 Å². The Balaban J connectivity index is 1.35. The van der Waals surface area contributed by atoms with Gasteiger partial charge < -0.3 is 15.2 Å². The van der Waals surface area contributed by atoms with Crippen LogP contribution < -0.4 is 5.32 Å². The van der Waals surface area contributed by atoms with E-state index in [0.29, 0.717) is 25.8 Å². The Morgan fingerprint density at radius 1 is 1.14 bits per heavy atom. The van der Waals surface area contributed by atoms with Gasteiger partial charge in [-0.1, -0.05) is 31.0 Å². The number of hydrogen-bond acceptors (Lipinski definition) is 5. The minimum Gasteiger partial charge on any atom is -0.389 e. The van der Waals surface area contributed by atoms with Gasteiger partial charge in [-0.2, -0.15) is 0 Å². The molecule has 0 aromatic heterocycles. The topological polar surface area (TPSA) is 65.0 Å². The summed E-state index contributed by atoms with van der Waals surface area (Å²) in [6.07, 6.45) is 4.69. The van der Waals surface area contributed by atoms with Crippen LogP contribution >= 0.6 is 0 Å². The summed E-state index contributed by atoms with van der Waals surface area (Å²) >= 11 is 0. The molecule has 0 radical (unpaired) electrons. The molecule has 1 amide bonds. The van der Waals surface area contributed by atoms with Gasteiger partial charge in [0.2, 0.25) is 5.91 Å². The fraction of sp³-hybridized carbons (Fsp3) is 0.682. The fourth-order valence-electron chi connectivity index (χ4n) is 4.18. The first-order valence-corrected chi connectivity index (χ1v) is 10.6. The Bertz CT molecular complexity index is 618. The summed E-state index contributed by atoms with van der Waals surface area (Å²) in [6.45, 7) is 8.96. The van der Waals surface area contributed by atoms with E-state index in [2.05, 4.69) is 15.1 Å². The molecule has 2 aliphatic rings. The molecule has 2 fully saturated rings. The van der Waals surface area contributed by atoms with Crippen LogP contribution in [0.1, 0.15) is 36.8 Å². The summed E-state index contributed by atoms with van der Waals surface area (Å²) in [5.74, 6) is 0.0378. The maximum atomic E-state index is 12.4. The van der Waals surface area contributed by atoms with E-state index >= 15 is 0 Å². The van der Waals surface area contributed by atoms with Gasteiger partial charge in [0.25, 0.3) is 0 Å². The molecule has 1 aromatic carbocycles. The lowest BCUT2D eigenvalue weighted by Gasteiger charge is -2.35. The molecule has 2 N–H and O–H groups in total. The maximum absolute atomic E-state index is 12.4. The zero-order valence-corrected chi connectivity index (χ0v) is 17.3. The fourth-order valence-corrected chi connectivity index (χ4v) is 4.18. The molecule has 1 aliphatic carbocycles. The molecule has 1 saturated heterocycles. The Hall–Kier alpha value is -1.47. The van der Waals surface area contributed by atoms with E-state index in [1.807, 2.05) is 32.0 Å². The number of nitrogens with zero attached hydrogens (tertiary/aromatic N) is 2. The van der Waals surface area contributed by atoms with Crippen LogP contribution in [-0.2, 0) is 9.53 Å². The number of aryl methyl sites for hydroxylation is 2. The number of rotatable bonds is 8. The number of hydrogen-bond donors (Lipinski definition) is 2. The average molecular weight is 390 g/mol. The number of piperazine rings is 1. The molecular weight excluding hydrogens is 354 g/mol. The highest BCUT2D eigenvalue weighted by molar-refractivity contribution is 5.93. The first-order chi connectivity index (χ1) is 13.5.